The first-order valence-corrected chi connectivity index (χ1v) is 8.31. The van der Waals surface area contributed by atoms with E-state index in [0.717, 1.165) is 0 Å². The molecular weight excluding hydrogens is 322 g/mol. The van der Waals surface area contributed by atoms with E-state index >= 15 is 0 Å². The molecule has 0 aromatic heterocycles. The molecule has 8 nitrogen and oxygen atoms in total. The Morgan fingerprint density at radius 2 is 2.07 bits per heavy atom. The minimum absolute atomic E-state index is 0.628. The summed E-state index contributed by atoms with van der Waals surface area (Å²) in [7, 11) is 0. The Balaban J connectivity index is 2.20. The first kappa shape index (κ1) is 11.4. The number of aliphatic hydroxyl groups excluding tert-OH is 2. The molecule has 1 unspecified atom stereocenters. The monoisotopic (exact) mass is 330 g/mol. The van der Waals surface area contributed by atoms with Gasteiger partial charge in [0.25, 0.3) is 0 Å². The quantitative estimate of drug-likeness (QED) is 0.484. The van der Waals surface area contributed by atoms with Gasteiger partial charge in [0.1, 0.15) is 0 Å². The molecule has 3 N–H and O–H groups in total. The van der Waals surface area contributed by atoms with Crippen molar-refractivity contribution in [2.75, 3.05) is 6.61 Å². The van der Waals surface area contributed by atoms with Crippen molar-refractivity contribution in [2.24, 2.45) is 0 Å². The number of aliphatic hydroxyl groups is 2. The predicted octanol–water partition coefficient (Wildman–Crippen LogP) is -2.53. The van der Waals surface area contributed by atoms with Crippen LogP contribution < -0.4 is 0 Å². The third-order valence-electron chi connectivity index (χ3n) is 2.18. The number of carboxylic acids is 1. The van der Waals surface area contributed by atoms with Crippen LogP contribution in [0.15, 0.2) is 0 Å². The maximum atomic E-state index is 11.5. The van der Waals surface area contributed by atoms with Crippen molar-refractivity contribution in [3.8, 4) is 0 Å². The normalized spacial score (nSPS) is 45.6. The zero-order valence-electron chi connectivity index (χ0n) is 7.35. The standard InChI is InChI=1S/C6H9O7.O.Sb/c7-1-2(8)3(9)4(10)5(11)6(12)13;;/h2-5,7-8H,1H2,(H,12,13);;/q-3;;+3/t2-,3-,4+,5-;;/m1../s1. The summed E-state index contributed by atoms with van der Waals surface area (Å²) in [5.41, 5.74) is 0. The molecule has 0 aliphatic carbocycles. The molecule has 2 fully saturated rings. The van der Waals surface area contributed by atoms with Gasteiger partial charge in [-0.3, -0.25) is 0 Å². The topological polar surface area (TPSA) is 123 Å². The van der Waals surface area contributed by atoms with Gasteiger partial charge >= 0.3 is 89.2 Å². The molecule has 2 aliphatic heterocycles. The van der Waals surface area contributed by atoms with Gasteiger partial charge in [0.15, 0.2) is 0 Å². The van der Waals surface area contributed by atoms with Gasteiger partial charge in [-0.25, -0.2) is 0 Å². The van der Waals surface area contributed by atoms with Gasteiger partial charge in [-0.2, -0.15) is 0 Å². The summed E-state index contributed by atoms with van der Waals surface area (Å²) >= 11 is -4.80. The third-order valence-corrected chi connectivity index (χ3v) is 6.42. The SMILES string of the molecule is O=C(O)[C@@H]1[O][Sb]2(=[O])[O][C@H]([C@H](O)CO)[C@@H]1[O]2. The van der Waals surface area contributed by atoms with E-state index in [4.69, 9.17) is 16.2 Å². The van der Waals surface area contributed by atoms with Crippen molar-refractivity contribution >= 4 is 26.0 Å². The van der Waals surface area contributed by atoms with Crippen LogP contribution in [0.2, 0.25) is 0 Å². The molecule has 0 saturated carbocycles. The van der Waals surface area contributed by atoms with Crippen molar-refractivity contribution in [3.63, 3.8) is 0 Å². The zero-order chi connectivity index (χ0) is 11.2. The van der Waals surface area contributed by atoms with Gasteiger partial charge in [-0.05, 0) is 0 Å². The summed E-state index contributed by atoms with van der Waals surface area (Å²) in [6.07, 6.45) is -4.94. The van der Waals surface area contributed by atoms with Crippen LogP contribution in [0.4, 0.5) is 0 Å². The van der Waals surface area contributed by atoms with Crippen LogP contribution in [-0.4, -0.2) is 72.4 Å². The van der Waals surface area contributed by atoms with E-state index in [9.17, 15) is 12.9 Å². The molecule has 86 valence electrons. The molecule has 0 aromatic rings. The Kier molecular flexibility index (Phi) is 2.82. The van der Waals surface area contributed by atoms with E-state index in [1.807, 2.05) is 0 Å². The second-order valence-electron chi connectivity index (χ2n) is 3.20. The molecule has 0 aromatic carbocycles. The Labute approximate surface area is 89.4 Å². The number of fused-ring (bicyclic) bond motifs is 2. The average Bonchev–Trinajstić information content (AvgIpc) is 2.68. The predicted molar refractivity (Wildman–Crippen MR) is 41.8 cm³/mol. The molecule has 2 saturated heterocycles. The first-order chi connectivity index (χ1) is 6.97. The summed E-state index contributed by atoms with van der Waals surface area (Å²) in [5.74, 6) is -1.33. The summed E-state index contributed by atoms with van der Waals surface area (Å²) in [6.45, 7) is -0.628. The molecular formula is C6H9O8Sb. The van der Waals surface area contributed by atoms with E-state index in [-0.39, 0.29) is 0 Å². The van der Waals surface area contributed by atoms with Crippen LogP contribution in [-0.2, 0) is 16.9 Å². The average molecular weight is 331 g/mol. The second kappa shape index (κ2) is 3.72. The van der Waals surface area contributed by atoms with Gasteiger partial charge in [0.2, 0.25) is 0 Å². The summed E-state index contributed by atoms with van der Waals surface area (Å²) in [4.78, 5) is 10.7. The van der Waals surface area contributed by atoms with E-state index < -0.39 is 57.0 Å². The molecule has 15 heavy (non-hydrogen) atoms. The van der Waals surface area contributed by atoms with E-state index in [1.54, 1.807) is 0 Å². The van der Waals surface area contributed by atoms with Crippen LogP contribution in [0.1, 0.15) is 0 Å². The van der Waals surface area contributed by atoms with Gasteiger partial charge in [-0.1, -0.05) is 0 Å². The molecule has 5 atom stereocenters. The van der Waals surface area contributed by atoms with Crippen molar-refractivity contribution < 1.29 is 32.2 Å². The Morgan fingerprint density at radius 1 is 1.40 bits per heavy atom. The number of hydrogen-bond donors (Lipinski definition) is 3. The number of carboxylic acid groups (broad SMARTS) is 1. The first-order valence-electron chi connectivity index (χ1n) is 4.14. The summed E-state index contributed by atoms with van der Waals surface area (Å²) in [6, 6.07) is 0. The summed E-state index contributed by atoms with van der Waals surface area (Å²) < 4.78 is 25.8. The number of aliphatic carboxylic acids is 1. The fourth-order valence-electron chi connectivity index (χ4n) is 1.50. The fraction of sp³-hybridized carbons (Fsp3) is 0.833. The van der Waals surface area contributed by atoms with Gasteiger partial charge in [0.05, 0.1) is 0 Å². The van der Waals surface area contributed by atoms with Crippen LogP contribution in [0.5, 0.6) is 0 Å². The fourth-order valence-corrected chi connectivity index (χ4v) is 6.42. The second-order valence-corrected chi connectivity index (χ2v) is 7.56. The van der Waals surface area contributed by atoms with Gasteiger partial charge in [-0.15, -0.1) is 0 Å². The Hall–Kier alpha value is -0.112. The number of hydrogen-bond acceptors (Lipinski definition) is 7. The van der Waals surface area contributed by atoms with Gasteiger partial charge in [0, 0.05) is 0 Å². The van der Waals surface area contributed by atoms with Crippen LogP contribution >= 0.6 is 0 Å². The molecule has 0 amide bonds. The minimum atomic E-state index is -4.80. The molecule has 2 aliphatic rings. The Bertz CT molecular complexity index is 329. The molecule has 0 radical (unpaired) electrons. The molecule has 2 heterocycles. The van der Waals surface area contributed by atoms with Crippen molar-refractivity contribution in [3.05, 3.63) is 0 Å². The third kappa shape index (κ3) is 1.81. The number of carbonyl (C=O) groups is 1. The van der Waals surface area contributed by atoms with Crippen molar-refractivity contribution in [1.82, 2.24) is 0 Å². The summed E-state index contributed by atoms with van der Waals surface area (Å²) in [5, 5.41) is 26.7. The molecule has 2 rings (SSSR count). The molecule has 9 heteroatoms. The zero-order valence-corrected chi connectivity index (χ0v) is 9.90. The van der Waals surface area contributed by atoms with Crippen LogP contribution in [0, 0.1) is 0 Å². The van der Waals surface area contributed by atoms with Crippen LogP contribution in [0.3, 0.4) is 0 Å². The Morgan fingerprint density at radius 3 is 2.53 bits per heavy atom. The molecule has 0 spiro atoms. The molecule has 2 bridgehead atoms. The van der Waals surface area contributed by atoms with Gasteiger partial charge < -0.3 is 0 Å². The van der Waals surface area contributed by atoms with E-state index in [1.165, 1.54) is 0 Å². The maximum absolute atomic E-state index is 11.5. The number of rotatable bonds is 3. The van der Waals surface area contributed by atoms with Crippen molar-refractivity contribution in [1.29, 1.82) is 0 Å². The van der Waals surface area contributed by atoms with Crippen molar-refractivity contribution in [2.45, 2.75) is 24.4 Å². The van der Waals surface area contributed by atoms with E-state index in [2.05, 4.69) is 3.02 Å². The van der Waals surface area contributed by atoms with Crippen LogP contribution in [0.25, 0.3) is 0 Å². The van der Waals surface area contributed by atoms with E-state index in [0.29, 0.717) is 0 Å².